The molecule has 0 atom stereocenters. The fourth-order valence-corrected chi connectivity index (χ4v) is 2.96. The largest absolute Gasteiger partial charge is 0.320 e. The molecule has 1 fully saturated rings. The summed E-state index contributed by atoms with van der Waals surface area (Å²) in [6.07, 6.45) is 1.36. The highest BCUT2D eigenvalue weighted by molar-refractivity contribution is 7.90. The van der Waals surface area contributed by atoms with E-state index in [1.165, 1.54) is 18.2 Å². The van der Waals surface area contributed by atoms with Gasteiger partial charge in [-0.25, -0.2) is 17.5 Å². The molecule has 4 nitrogen and oxygen atoms in total. The maximum atomic E-state index is 13.6. The van der Waals surface area contributed by atoms with Crippen LogP contribution in [0.1, 0.15) is 24.0 Å². The van der Waals surface area contributed by atoms with E-state index < -0.39 is 15.8 Å². The van der Waals surface area contributed by atoms with Crippen LogP contribution in [0.2, 0.25) is 0 Å². The van der Waals surface area contributed by atoms with Crippen molar-refractivity contribution in [3.63, 3.8) is 0 Å². The van der Waals surface area contributed by atoms with Gasteiger partial charge in [-0.3, -0.25) is 0 Å². The Hall–Kier alpha value is -1.42. The van der Waals surface area contributed by atoms with Crippen molar-refractivity contribution in [3.05, 3.63) is 35.1 Å². The number of benzene rings is 1. The summed E-state index contributed by atoms with van der Waals surface area (Å²) in [5.41, 5.74) is 6.16. The van der Waals surface area contributed by atoms with Gasteiger partial charge in [0.1, 0.15) is 5.82 Å². The molecule has 0 saturated heterocycles. The lowest BCUT2D eigenvalue weighted by molar-refractivity contribution is 0.573. The van der Waals surface area contributed by atoms with Crippen LogP contribution < -0.4 is 10.5 Å². The van der Waals surface area contributed by atoms with Crippen molar-refractivity contribution < 1.29 is 12.8 Å². The van der Waals surface area contributed by atoms with Gasteiger partial charge in [0.05, 0.1) is 11.8 Å². The summed E-state index contributed by atoms with van der Waals surface area (Å²) in [6, 6.07) is 4.35. The number of nitrogens with two attached hydrogens (primary N) is 1. The minimum absolute atomic E-state index is 0.0528. The molecule has 6 heteroatoms. The highest BCUT2D eigenvalue weighted by atomic mass is 32.2. The van der Waals surface area contributed by atoms with E-state index in [2.05, 4.69) is 16.6 Å². The van der Waals surface area contributed by atoms with Gasteiger partial charge in [0.25, 0.3) is 0 Å². The van der Waals surface area contributed by atoms with Crippen molar-refractivity contribution >= 4 is 10.0 Å². The van der Waals surface area contributed by atoms with Gasteiger partial charge in [-0.1, -0.05) is 11.8 Å². The molecule has 19 heavy (non-hydrogen) atoms. The third-order valence-corrected chi connectivity index (χ3v) is 4.70. The number of nitrogens with one attached hydrogen (secondary N) is 1. The molecule has 0 unspecified atom stereocenters. The van der Waals surface area contributed by atoms with Crippen molar-refractivity contribution in [2.45, 2.75) is 24.6 Å². The molecule has 0 heterocycles. The quantitative estimate of drug-likeness (QED) is 0.799. The van der Waals surface area contributed by atoms with E-state index in [0.717, 1.165) is 0 Å². The summed E-state index contributed by atoms with van der Waals surface area (Å²) in [4.78, 5) is 0. The molecule has 1 saturated carbocycles. The Morgan fingerprint density at radius 1 is 1.42 bits per heavy atom. The van der Waals surface area contributed by atoms with Crippen LogP contribution in [0.3, 0.4) is 0 Å². The van der Waals surface area contributed by atoms with Crippen LogP contribution >= 0.6 is 0 Å². The first-order valence-electron chi connectivity index (χ1n) is 5.99. The van der Waals surface area contributed by atoms with Crippen LogP contribution in [0, 0.1) is 17.7 Å². The molecule has 0 bridgehead atoms. The summed E-state index contributed by atoms with van der Waals surface area (Å²) >= 11 is 0. The van der Waals surface area contributed by atoms with Crippen LogP contribution in [0.5, 0.6) is 0 Å². The van der Waals surface area contributed by atoms with E-state index in [1.807, 2.05) is 0 Å². The molecule has 0 aromatic heterocycles. The first-order chi connectivity index (χ1) is 9.03. The second-order valence-corrected chi connectivity index (χ2v) is 6.42. The smallest absolute Gasteiger partial charge is 0.214 e. The highest BCUT2D eigenvalue weighted by Crippen LogP contribution is 2.27. The summed E-state index contributed by atoms with van der Waals surface area (Å²) in [5, 5.41) is -0.309. The van der Waals surface area contributed by atoms with E-state index >= 15 is 0 Å². The molecule has 2 rings (SSSR count). The molecular formula is C13H15FN2O2S. The maximum absolute atomic E-state index is 13.6. The molecule has 1 aliphatic rings. The van der Waals surface area contributed by atoms with Crippen LogP contribution in [0.4, 0.5) is 4.39 Å². The number of hydrogen-bond donors (Lipinski definition) is 2. The van der Waals surface area contributed by atoms with Gasteiger partial charge < -0.3 is 5.73 Å². The van der Waals surface area contributed by atoms with Gasteiger partial charge in [-0.2, -0.15) is 0 Å². The molecule has 0 spiro atoms. The van der Waals surface area contributed by atoms with Gasteiger partial charge >= 0.3 is 0 Å². The first-order valence-corrected chi connectivity index (χ1v) is 7.53. The van der Waals surface area contributed by atoms with Crippen molar-refractivity contribution in [2.75, 3.05) is 6.54 Å². The van der Waals surface area contributed by atoms with Crippen LogP contribution in [-0.2, 0) is 16.6 Å². The molecule has 0 aliphatic heterocycles. The molecule has 0 radical (unpaired) electrons. The number of sulfonamides is 1. The molecule has 1 aromatic carbocycles. The SMILES string of the molecule is NCC#Cc1ccc(F)c(CNS(=O)(=O)C2CC2)c1. The minimum Gasteiger partial charge on any atom is -0.320 e. The van der Waals surface area contributed by atoms with Gasteiger partial charge in [0.2, 0.25) is 10.0 Å². The average molecular weight is 282 g/mol. The standard InChI is InChI=1S/C13H15FN2O2S/c14-13-6-3-10(2-1-7-15)8-11(13)9-16-19(17,18)12-4-5-12/h3,6,8,12,16H,4-5,7,9,15H2. The number of hydrogen-bond acceptors (Lipinski definition) is 3. The first kappa shape index (κ1) is 14.0. The Morgan fingerprint density at radius 3 is 2.79 bits per heavy atom. The van der Waals surface area contributed by atoms with Gasteiger partial charge in [-0.15, -0.1) is 0 Å². The lowest BCUT2D eigenvalue weighted by Crippen LogP contribution is -2.27. The fraction of sp³-hybridized carbons (Fsp3) is 0.385. The zero-order valence-corrected chi connectivity index (χ0v) is 11.1. The van der Waals surface area contributed by atoms with E-state index in [-0.39, 0.29) is 23.9 Å². The topological polar surface area (TPSA) is 72.2 Å². The van der Waals surface area contributed by atoms with E-state index in [4.69, 9.17) is 5.73 Å². The molecular weight excluding hydrogens is 267 g/mol. The highest BCUT2D eigenvalue weighted by Gasteiger charge is 2.35. The number of rotatable bonds is 4. The normalized spacial score (nSPS) is 14.8. The Labute approximate surface area is 112 Å². The molecule has 3 N–H and O–H groups in total. The molecule has 0 amide bonds. The zero-order chi connectivity index (χ0) is 13.9. The average Bonchev–Trinajstić information content (AvgIpc) is 3.21. The van der Waals surface area contributed by atoms with Gasteiger partial charge in [0.15, 0.2) is 0 Å². The Kier molecular flexibility index (Phi) is 4.20. The lowest BCUT2D eigenvalue weighted by Gasteiger charge is -2.07. The summed E-state index contributed by atoms with van der Waals surface area (Å²) in [7, 11) is -3.30. The Bertz CT molecular complexity index is 628. The predicted octanol–water partition coefficient (Wildman–Crippen LogP) is 0.718. The lowest BCUT2D eigenvalue weighted by atomic mass is 10.1. The van der Waals surface area contributed by atoms with Crippen LogP contribution in [-0.4, -0.2) is 20.2 Å². The maximum Gasteiger partial charge on any atom is 0.214 e. The van der Waals surface area contributed by atoms with Crippen molar-refractivity contribution in [1.82, 2.24) is 4.72 Å². The fourth-order valence-electron chi connectivity index (χ4n) is 1.62. The van der Waals surface area contributed by atoms with Gasteiger partial charge in [0, 0.05) is 17.7 Å². The van der Waals surface area contributed by atoms with Gasteiger partial charge in [-0.05, 0) is 31.0 Å². The summed E-state index contributed by atoms with van der Waals surface area (Å²) in [6.45, 7) is 0.170. The second-order valence-electron chi connectivity index (χ2n) is 4.38. The van der Waals surface area contributed by atoms with Crippen molar-refractivity contribution in [2.24, 2.45) is 5.73 Å². The Balaban J connectivity index is 2.10. The molecule has 1 aliphatic carbocycles. The summed E-state index contributed by atoms with van der Waals surface area (Å²) < 4.78 is 39.3. The summed E-state index contributed by atoms with van der Waals surface area (Å²) in [5.74, 6) is 5.01. The minimum atomic E-state index is -3.30. The predicted molar refractivity (Wildman–Crippen MR) is 71.1 cm³/mol. The van der Waals surface area contributed by atoms with Crippen molar-refractivity contribution in [1.29, 1.82) is 0 Å². The third kappa shape index (κ3) is 3.77. The molecule has 1 aromatic rings. The van der Waals surface area contributed by atoms with Crippen LogP contribution in [0.25, 0.3) is 0 Å². The zero-order valence-electron chi connectivity index (χ0n) is 10.3. The van der Waals surface area contributed by atoms with Crippen molar-refractivity contribution in [3.8, 4) is 11.8 Å². The van der Waals surface area contributed by atoms with Crippen LogP contribution in [0.15, 0.2) is 18.2 Å². The second kappa shape index (κ2) is 5.70. The number of halogens is 1. The monoisotopic (exact) mass is 282 g/mol. The van der Waals surface area contributed by atoms with E-state index in [0.29, 0.717) is 18.4 Å². The third-order valence-electron chi connectivity index (χ3n) is 2.81. The Morgan fingerprint density at radius 2 is 2.16 bits per heavy atom. The van der Waals surface area contributed by atoms with E-state index in [9.17, 15) is 12.8 Å². The van der Waals surface area contributed by atoms with E-state index in [1.54, 1.807) is 0 Å². The molecule has 102 valence electrons.